The van der Waals surface area contributed by atoms with Crippen molar-refractivity contribution in [3.8, 4) is 27.9 Å². The van der Waals surface area contributed by atoms with E-state index >= 15 is 0 Å². The lowest BCUT2D eigenvalue weighted by atomic mass is 9.97. The van der Waals surface area contributed by atoms with E-state index in [0.717, 1.165) is 66.8 Å². The van der Waals surface area contributed by atoms with Gasteiger partial charge in [-0.25, -0.2) is 0 Å². The third-order valence-corrected chi connectivity index (χ3v) is 9.99. The second-order valence-electron chi connectivity index (χ2n) is 12.9. The van der Waals surface area contributed by atoms with Gasteiger partial charge in [0.2, 0.25) is 0 Å². The molecule has 0 bridgehead atoms. The monoisotopic (exact) mass is 652 g/mol. The summed E-state index contributed by atoms with van der Waals surface area (Å²) < 4.78 is 8.90. The van der Waals surface area contributed by atoms with Crippen LogP contribution in [0.5, 0.6) is 0 Å². The molecule has 0 aliphatic rings. The van der Waals surface area contributed by atoms with Crippen LogP contribution in [-0.2, 0) is 0 Å². The van der Waals surface area contributed by atoms with Crippen molar-refractivity contribution >= 4 is 60.8 Å². The minimum Gasteiger partial charge on any atom is -0.456 e. The lowest BCUT2D eigenvalue weighted by molar-refractivity contribution is 0.669. The van der Waals surface area contributed by atoms with Crippen LogP contribution in [0.25, 0.3) is 71.7 Å². The van der Waals surface area contributed by atoms with Gasteiger partial charge in [0.1, 0.15) is 11.2 Å². The molecule has 240 valence electrons. The zero-order valence-corrected chi connectivity index (χ0v) is 27.8. The lowest BCUT2D eigenvalue weighted by Crippen LogP contribution is -2.11. The van der Waals surface area contributed by atoms with Crippen molar-refractivity contribution < 1.29 is 4.42 Å². The summed E-state index contributed by atoms with van der Waals surface area (Å²) in [5.41, 5.74) is 13.1. The summed E-state index contributed by atoms with van der Waals surface area (Å²) in [5, 5.41) is 4.63. The maximum absolute atomic E-state index is 6.50. The van der Waals surface area contributed by atoms with Crippen LogP contribution in [0.1, 0.15) is 0 Å². The van der Waals surface area contributed by atoms with Gasteiger partial charge in [-0.05, 0) is 71.3 Å². The Bertz CT molecular complexity index is 2850. The largest absolute Gasteiger partial charge is 0.456 e. The van der Waals surface area contributed by atoms with Crippen LogP contribution in [0.15, 0.2) is 199 Å². The molecule has 3 nitrogen and oxygen atoms in total. The van der Waals surface area contributed by atoms with E-state index in [-0.39, 0.29) is 0 Å². The second-order valence-corrected chi connectivity index (χ2v) is 12.9. The SMILES string of the molecule is c1ccc(-c2ccccc2N(c2ccc3c(c2)oc2ccccc23)c2cccc3c2c2c(-c4ccccc4)cccc2n3-c2ccccc2)cc1. The van der Waals surface area contributed by atoms with Crippen LogP contribution >= 0.6 is 0 Å². The van der Waals surface area contributed by atoms with Crippen molar-refractivity contribution in [1.82, 2.24) is 4.57 Å². The topological polar surface area (TPSA) is 21.3 Å². The quantitative estimate of drug-likeness (QED) is 0.178. The zero-order chi connectivity index (χ0) is 33.7. The molecule has 2 heterocycles. The van der Waals surface area contributed by atoms with Gasteiger partial charge in [-0.1, -0.05) is 133 Å². The maximum Gasteiger partial charge on any atom is 0.137 e. The number of para-hydroxylation sites is 3. The van der Waals surface area contributed by atoms with Crippen LogP contribution in [0.4, 0.5) is 17.1 Å². The normalized spacial score (nSPS) is 11.5. The van der Waals surface area contributed by atoms with Crippen molar-refractivity contribution in [2.24, 2.45) is 0 Å². The number of hydrogen-bond donors (Lipinski definition) is 0. The first-order chi connectivity index (χ1) is 25.3. The van der Waals surface area contributed by atoms with Gasteiger partial charge in [0.05, 0.1) is 22.4 Å². The molecular weight excluding hydrogens is 621 g/mol. The van der Waals surface area contributed by atoms with Gasteiger partial charge in [0.15, 0.2) is 0 Å². The lowest BCUT2D eigenvalue weighted by Gasteiger charge is -2.29. The minimum atomic E-state index is 0.861. The zero-order valence-electron chi connectivity index (χ0n) is 27.8. The fourth-order valence-electron chi connectivity index (χ4n) is 7.78. The number of furan rings is 1. The van der Waals surface area contributed by atoms with Crippen LogP contribution < -0.4 is 4.90 Å². The molecule has 10 rings (SSSR count). The Hall–Kier alpha value is -6.84. The van der Waals surface area contributed by atoms with Crippen LogP contribution in [-0.4, -0.2) is 4.57 Å². The Labute approximate surface area is 295 Å². The number of anilines is 3. The van der Waals surface area contributed by atoms with Crippen molar-refractivity contribution in [3.63, 3.8) is 0 Å². The van der Waals surface area contributed by atoms with Crippen LogP contribution in [0, 0.1) is 0 Å². The summed E-state index contributed by atoms with van der Waals surface area (Å²) in [5.74, 6) is 0. The van der Waals surface area contributed by atoms with Gasteiger partial charge in [0, 0.05) is 44.5 Å². The summed E-state index contributed by atoms with van der Waals surface area (Å²) in [6.45, 7) is 0. The molecule has 0 aliphatic heterocycles. The highest BCUT2D eigenvalue weighted by molar-refractivity contribution is 6.21. The van der Waals surface area contributed by atoms with E-state index in [1.54, 1.807) is 0 Å². The molecule has 0 amide bonds. The number of nitrogens with zero attached hydrogens (tertiary/aromatic N) is 2. The van der Waals surface area contributed by atoms with Gasteiger partial charge in [0.25, 0.3) is 0 Å². The molecule has 0 saturated carbocycles. The fourth-order valence-corrected chi connectivity index (χ4v) is 7.78. The first kappa shape index (κ1) is 29.1. The molecule has 0 N–H and O–H groups in total. The summed E-state index contributed by atoms with van der Waals surface area (Å²) in [6.07, 6.45) is 0. The summed E-state index contributed by atoms with van der Waals surface area (Å²) in [4.78, 5) is 2.42. The molecule has 51 heavy (non-hydrogen) atoms. The molecular formula is C48H32N2O. The van der Waals surface area contributed by atoms with Gasteiger partial charge in [-0.2, -0.15) is 0 Å². The maximum atomic E-state index is 6.50. The number of hydrogen-bond acceptors (Lipinski definition) is 2. The smallest absolute Gasteiger partial charge is 0.137 e. The van der Waals surface area contributed by atoms with E-state index in [9.17, 15) is 0 Å². The van der Waals surface area contributed by atoms with Gasteiger partial charge in [-0.3, -0.25) is 0 Å². The molecule has 8 aromatic carbocycles. The fraction of sp³-hybridized carbons (Fsp3) is 0. The molecule has 0 radical (unpaired) electrons. The van der Waals surface area contributed by atoms with Crippen molar-refractivity contribution in [3.05, 3.63) is 194 Å². The molecule has 0 aliphatic carbocycles. The summed E-state index contributed by atoms with van der Waals surface area (Å²) in [6, 6.07) is 69.1. The van der Waals surface area contributed by atoms with E-state index in [0.29, 0.717) is 0 Å². The molecule has 10 aromatic rings. The predicted octanol–water partition coefficient (Wildman–Crippen LogP) is 13.5. The molecule has 0 saturated heterocycles. The predicted molar refractivity (Wildman–Crippen MR) is 214 cm³/mol. The Morgan fingerprint density at radius 3 is 1.75 bits per heavy atom. The highest BCUT2D eigenvalue weighted by Gasteiger charge is 2.25. The molecule has 0 unspecified atom stereocenters. The standard InChI is InChI=1S/C48H32N2O/c1-4-16-33(17-5-1)37-22-10-12-25-41(37)50(36-30-31-40-39-23-11-13-29-45(39)51-46(40)32-36)44-28-15-27-43-48(44)47-38(34-18-6-2-7-19-34)24-14-26-42(47)49(43)35-20-8-3-9-21-35/h1-32H. The van der Waals surface area contributed by atoms with E-state index < -0.39 is 0 Å². The number of fused-ring (bicyclic) bond motifs is 6. The third kappa shape index (κ3) is 4.74. The molecule has 2 aromatic heterocycles. The highest BCUT2D eigenvalue weighted by atomic mass is 16.3. The Kier molecular flexibility index (Phi) is 6.81. The number of aromatic nitrogens is 1. The molecule has 0 spiro atoms. The molecule has 3 heteroatoms. The van der Waals surface area contributed by atoms with Gasteiger partial charge < -0.3 is 13.9 Å². The van der Waals surface area contributed by atoms with Crippen molar-refractivity contribution in [2.75, 3.05) is 4.90 Å². The van der Waals surface area contributed by atoms with E-state index in [4.69, 9.17) is 4.42 Å². The van der Waals surface area contributed by atoms with Gasteiger partial charge >= 0.3 is 0 Å². The first-order valence-electron chi connectivity index (χ1n) is 17.4. The summed E-state index contributed by atoms with van der Waals surface area (Å²) >= 11 is 0. The van der Waals surface area contributed by atoms with E-state index in [1.807, 2.05) is 12.1 Å². The summed E-state index contributed by atoms with van der Waals surface area (Å²) in [7, 11) is 0. The van der Waals surface area contributed by atoms with E-state index in [2.05, 4.69) is 191 Å². The molecule has 0 atom stereocenters. The van der Waals surface area contributed by atoms with Crippen molar-refractivity contribution in [2.45, 2.75) is 0 Å². The Balaban J connectivity index is 1.34. The van der Waals surface area contributed by atoms with Gasteiger partial charge in [-0.15, -0.1) is 0 Å². The number of benzene rings is 8. The van der Waals surface area contributed by atoms with E-state index in [1.165, 1.54) is 21.9 Å². The van der Waals surface area contributed by atoms with Crippen LogP contribution in [0.3, 0.4) is 0 Å². The van der Waals surface area contributed by atoms with Crippen LogP contribution in [0.2, 0.25) is 0 Å². The average molecular weight is 653 g/mol. The second kappa shape index (κ2) is 11.9. The van der Waals surface area contributed by atoms with Crippen molar-refractivity contribution in [1.29, 1.82) is 0 Å². The Morgan fingerprint density at radius 1 is 0.392 bits per heavy atom. The Morgan fingerprint density at radius 2 is 0.961 bits per heavy atom. The number of rotatable bonds is 6. The average Bonchev–Trinajstić information content (AvgIpc) is 3.75. The highest BCUT2D eigenvalue weighted by Crippen LogP contribution is 2.49. The first-order valence-corrected chi connectivity index (χ1v) is 17.4. The minimum absolute atomic E-state index is 0.861. The molecule has 0 fully saturated rings. The third-order valence-electron chi connectivity index (χ3n) is 9.99.